The molecule has 8 heteroatoms. The Hall–Kier alpha value is -3.68. The number of aliphatic imine (C=N–C) groups is 1. The average molecular weight is 458 g/mol. The lowest BCUT2D eigenvalue weighted by molar-refractivity contribution is -0.192. The van der Waals surface area contributed by atoms with E-state index in [2.05, 4.69) is 48.6 Å². The normalized spacial score (nSPS) is 19.7. The molecule has 0 saturated carbocycles. The van der Waals surface area contributed by atoms with Gasteiger partial charge in [-0.2, -0.15) is 13.2 Å². The van der Waals surface area contributed by atoms with Gasteiger partial charge in [0.15, 0.2) is 0 Å². The Morgan fingerprint density at radius 3 is 2.00 bits per heavy atom. The number of benzene rings is 3. The van der Waals surface area contributed by atoms with Gasteiger partial charge in [0, 0.05) is 6.42 Å². The van der Waals surface area contributed by atoms with Crippen LogP contribution in [-0.2, 0) is 16.8 Å². The average Bonchev–Trinajstić information content (AvgIpc) is 3.13. The fourth-order valence-electron chi connectivity index (χ4n) is 3.63. The summed E-state index contributed by atoms with van der Waals surface area (Å²) in [6, 6.07) is 27.4. The highest BCUT2D eigenvalue weighted by Crippen LogP contribution is 2.41. The highest BCUT2D eigenvalue weighted by molar-refractivity contribution is 5.87. The van der Waals surface area contributed by atoms with Crippen molar-refractivity contribution in [3.8, 4) is 0 Å². The summed E-state index contributed by atoms with van der Waals surface area (Å²) in [6.07, 6.45) is -4.42. The number of carbonyl (C=O) groups is 1. The second kappa shape index (κ2) is 9.85. The van der Waals surface area contributed by atoms with Gasteiger partial charge in [-0.15, -0.1) is 0 Å². The molecule has 2 atom stereocenters. The number of alkyl halides is 3. The monoisotopic (exact) mass is 458 g/mol. The molecular weight excluding hydrogens is 436 g/mol. The van der Waals surface area contributed by atoms with Crippen molar-refractivity contribution in [2.45, 2.75) is 31.1 Å². The molecule has 0 amide bonds. The molecule has 0 aromatic heterocycles. The molecule has 33 heavy (non-hydrogen) atoms. The van der Waals surface area contributed by atoms with E-state index in [1.54, 1.807) is 0 Å². The molecule has 1 heterocycles. The van der Waals surface area contributed by atoms with Crippen molar-refractivity contribution in [2.24, 2.45) is 4.99 Å². The van der Waals surface area contributed by atoms with Crippen molar-refractivity contribution >= 4 is 11.8 Å². The first kappa shape index (κ1) is 24.0. The van der Waals surface area contributed by atoms with Gasteiger partial charge >= 0.3 is 12.1 Å². The van der Waals surface area contributed by atoms with Gasteiger partial charge in [0.05, 0.1) is 5.54 Å². The van der Waals surface area contributed by atoms with Gasteiger partial charge in [0.25, 0.3) is 0 Å². The Morgan fingerprint density at radius 1 is 0.970 bits per heavy atom. The fraction of sp³-hybridized carbons (Fsp3) is 0.200. The van der Waals surface area contributed by atoms with Gasteiger partial charge < -0.3 is 10.4 Å². The van der Waals surface area contributed by atoms with Crippen molar-refractivity contribution in [1.82, 2.24) is 5.32 Å². The maximum Gasteiger partial charge on any atom is 0.490 e. The Labute approximate surface area is 188 Å². The van der Waals surface area contributed by atoms with E-state index in [0.29, 0.717) is 6.42 Å². The number of hydrogen-bond donors (Lipinski definition) is 2. The first-order valence-corrected chi connectivity index (χ1v) is 10.1. The van der Waals surface area contributed by atoms with Crippen molar-refractivity contribution in [1.29, 1.82) is 0 Å². The molecule has 0 unspecified atom stereocenters. The number of halogens is 4. The summed E-state index contributed by atoms with van der Waals surface area (Å²) in [4.78, 5) is 13.9. The van der Waals surface area contributed by atoms with Gasteiger partial charge in [0.2, 0.25) is 0 Å². The minimum absolute atomic E-state index is 0.0125. The maximum absolute atomic E-state index is 13.2. The zero-order chi connectivity index (χ0) is 24.1. The molecule has 2 N–H and O–H groups in total. The highest BCUT2D eigenvalue weighted by atomic mass is 19.4. The number of rotatable bonds is 4. The molecule has 3 aromatic carbocycles. The summed E-state index contributed by atoms with van der Waals surface area (Å²) < 4.78 is 44.9. The molecule has 1 aliphatic heterocycles. The summed E-state index contributed by atoms with van der Waals surface area (Å²) in [5, 5.41) is 10.8. The molecule has 0 spiro atoms. The van der Waals surface area contributed by atoms with Gasteiger partial charge in [-0.3, -0.25) is 4.99 Å². The van der Waals surface area contributed by atoms with Crippen LogP contribution in [0.25, 0.3) is 0 Å². The molecule has 1 aliphatic rings. The number of carboxylic acids is 1. The van der Waals surface area contributed by atoms with Crippen LogP contribution >= 0.6 is 0 Å². The standard InChI is InChI=1S/C23H21FN2.C2HF3O2/c1-23(19-10-6-3-7-11-19)22(18-8-4-2-5-9-18)25-21(26-23)16-17-12-14-20(24)15-13-17;3-2(4,5)1(6)7/h2-15,22H,16H2,1H3,(H,25,26);(H,6,7)/t22-,23+;/m1./s1. The van der Waals surface area contributed by atoms with Crippen LogP contribution in [-0.4, -0.2) is 23.1 Å². The van der Waals surface area contributed by atoms with E-state index >= 15 is 0 Å². The number of hydrogen-bond acceptors (Lipinski definition) is 3. The van der Waals surface area contributed by atoms with Crippen LogP contribution in [0.1, 0.15) is 29.7 Å². The Morgan fingerprint density at radius 2 is 1.48 bits per heavy atom. The summed E-state index contributed by atoms with van der Waals surface area (Å²) >= 11 is 0. The second-order valence-corrected chi connectivity index (χ2v) is 7.69. The van der Waals surface area contributed by atoms with E-state index in [0.717, 1.165) is 11.4 Å². The van der Waals surface area contributed by atoms with Crippen LogP contribution in [0.5, 0.6) is 0 Å². The smallest absolute Gasteiger partial charge is 0.475 e. The largest absolute Gasteiger partial charge is 0.490 e. The molecule has 3 aromatic rings. The molecular formula is C25H22F4N2O2. The molecule has 172 valence electrons. The Kier molecular flexibility index (Phi) is 7.16. The van der Waals surface area contributed by atoms with E-state index in [9.17, 15) is 17.6 Å². The lowest BCUT2D eigenvalue weighted by atomic mass is 9.82. The molecule has 0 bridgehead atoms. The van der Waals surface area contributed by atoms with Gasteiger partial charge in [-0.05, 0) is 35.7 Å². The quantitative estimate of drug-likeness (QED) is 0.496. The summed E-state index contributed by atoms with van der Waals surface area (Å²) in [6.45, 7) is 2.20. The summed E-state index contributed by atoms with van der Waals surface area (Å²) in [5.74, 6) is -2.05. The van der Waals surface area contributed by atoms with Crippen LogP contribution in [0.15, 0.2) is 89.9 Å². The van der Waals surface area contributed by atoms with E-state index in [4.69, 9.17) is 14.9 Å². The predicted octanol–water partition coefficient (Wildman–Crippen LogP) is 5.66. The third kappa shape index (κ3) is 5.97. The fourth-order valence-corrected chi connectivity index (χ4v) is 3.63. The number of amidine groups is 1. The third-order valence-electron chi connectivity index (χ3n) is 5.25. The lowest BCUT2D eigenvalue weighted by Crippen LogP contribution is -2.42. The first-order valence-electron chi connectivity index (χ1n) is 10.1. The topological polar surface area (TPSA) is 61.7 Å². The van der Waals surface area contributed by atoms with Crippen LogP contribution in [0, 0.1) is 5.82 Å². The summed E-state index contributed by atoms with van der Waals surface area (Å²) in [7, 11) is 0. The zero-order valence-corrected chi connectivity index (χ0v) is 17.7. The highest BCUT2D eigenvalue weighted by Gasteiger charge is 2.42. The van der Waals surface area contributed by atoms with E-state index < -0.39 is 12.1 Å². The minimum atomic E-state index is -5.08. The minimum Gasteiger partial charge on any atom is -0.475 e. The maximum atomic E-state index is 13.2. The van der Waals surface area contributed by atoms with E-state index in [-0.39, 0.29) is 17.4 Å². The zero-order valence-electron chi connectivity index (χ0n) is 17.7. The molecule has 4 rings (SSSR count). The summed E-state index contributed by atoms with van der Waals surface area (Å²) in [5.41, 5.74) is 3.10. The van der Waals surface area contributed by atoms with Crippen LogP contribution < -0.4 is 5.32 Å². The van der Waals surface area contributed by atoms with Crippen molar-refractivity contribution in [3.05, 3.63) is 107 Å². The molecule has 0 saturated heterocycles. The van der Waals surface area contributed by atoms with Crippen molar-refractivity contribution in [3.63, 3.8) is 0 Å². The number of nitrogens with one attached hydrogen (secondary N) is 1. The predicted molar refractivity (Wildman–Crippen MR) is 117 cm³/mol. The number of carboxylic acid groups (broad SMARTS) is 1. The molecule has 0 radical (unpaired) electrons. The molecule has 0 aliphatic carbocycles. The number of nitrogens with zero attached hydrogens (tertiary/aromatic N) is 1. The van der Waals surface area contributed by atoms with Crippen molar-refractivity contribution < 1.29 is 27.5 Å². The van der Waals surface area contributed by atoms with Crippen molar-refractivity contribution in [2.75, 3.05) is 0 Å². The van der Waals surface area contributed by atoms with Crippen LogP contribution in [0.3, 0.4) is 0 Å². The SMILES string of the molecule is C[C@@]1(c2ccccc2)NC(Cc2ccc(F)cc2)=N[C@@H]1c1ccccc1.O=C(O)C(F)(F)F. The second-order valence-electron chi connectivity index (χ2n) is 7.69. The van der Waals surface area contributed by atoms with Gasteiger partial charge in [-0.25, -0.2) is 9.18 Å². The van der Waals surface area contributed by atoms with Gasteiger partial charge in [0.1, 0.15) is 17.7 Å². The number of aliphatic carboxylic acids is 1. The molecule has 0 fully saturated rings. The Balaban J connectivity index is 0.000000383. The van der Waals surface area contributed by atoms with E-state index in [1.807, 2.05) is 36.4 Å². The lowest BCUT2D eigenvalue weighted by Gasteiger charge is -2.32. The van der Waals surface area contributed by atoms with Crippen LogP contribution in [0.2, 0.25) is 0 Å². The van der Waals surface area contributed by atoms with E-state index in [1.165, 1.54) is 23.3 Å². The third-order valence-corrected chi connectivity index (χ3v) is 5.25. The Bertz CT molecular complexity index is 1100. The molecule has 4 nitrogen and oxygen atoms in total. The first-order chi connectivity index (χ1) is 15.6. The van der Waals surface area contributed by atoms with Crippen LogP contribution in [0.4, 0.5) is 17.6 Å². The van der Waals surface area contributed by atoms with Gasteiger partial charge in [-0.1, -0.05) is 72.8 Å².